The topological polar surface area (TPSA) is 71.5 Å². The first-order valence-corrected chi connectivity index (χ1v) is 13.6. The van der Waals surface area contributed by atoms with Crippen LogP contribution in [-0.2, 0) is 6.42 Å². The van der Waals surface area contributed by atoms with Gasteiger partial charge in [0.1, 0.15) is 0 Å². The monoisotopic (exact) mass is 528 g/mol. The molecule has 1 saturated heterocycles. The van der Waals surface area contributed by atoms with Crippen LogP contribution in [0, 0.1) is 0 Å². The van der Waals surface area contributed by atoms with Crippen LogP contribution in [0.4, 0.5) is 0 Å². The number of benzene rings is 1. The Labute approximate surface area is 229 Å². The fourth-order valence-electron chi connectivity index (χ4n) is 4.74. The fraction of sp³-hybridized carbons (Fsp3) is 0.581. The van der Waals surface area contributed by atoms with Crippen molar-refractivity contribution in [3.63, 3.8) is 0 Å². The van der Waals surface area contributed by atoms with Crippen LogP contribution in [0.25, 0.3) is 0 Å². The molecule has 1 aliphatic rings. The van der Waals surface area contributed by atoms with Gasteiger partial charge >= 0.3 is 5.97 Å². The van der Waals surface area contributed by atoms with E-state index in [1.165, 1.54) is 44.1 Å². The highest BCUT2D eigenvalue weighted by atomic mass is 16.5. The average molecular weight is 529 g/mol. The number of piperazine rings is 1. The summed E-state index contributed by atoms with van der Waals surface area (Å²) in [6, 6.07) is 1.52. The van der Waals surface area contributed by atoms with E-state index >= 15 is 0 Å². The summed E-state index contributed by atoms with van der Waals surface area (Å²) in [5.41, 5.74) is 5.15. The standard InChI is InChI=1S/C31H48N2O5/c1-23(2)10-8-11-24(3)12-9-13-25(4)14-16-32-18-20-33(21-19-32)17-15-26-27(31(34)35)22-28(36-5)30(38-7)29(26)37-6/h10,12,14,22H,8-9,11,13,15-21H2,1-7H3,(H,34,35). The van der Waals surface area contributed by atoms with Crippen molar-refractivity contribution in [2.24, 2.45) is 0 Å². The summed E-state index contributed by atoms with van der Waals surface area (Å²) in [7, 11) is 4.56. The van der Waals surface area contributed by atoms with Gasteiger partial charge in [-0.25, -0.2) is 4.79 Å². The van der Waals surface area contributed by atoms with Crippen molar-refractivity contribution in [1.29, 1.82) is 0 Å². The zero-order valence-corrected chi connectivity index (χ0v) is 24.6. The molecule has 0 radical (unpaired) electrons. The number of carboxylic acid groups (broad SMARTS) is 1. The Morgan fingerprint density at radius 1 is 0.842 bits per heavy atom. The van der Waals surface area contributed by atoms with E-state index in [0.717, 1.165) is 65.0 Å². The maximum atomic E-state index is 12.0. The van der Waals surface area contributed by atoms with Gasteiger partial charge in [0, 0.05) is 44.8 Å². The largest absolute Gasteiger partial charge is 0.493 e. The maximum Gasteiger partial charge on any atom is 0.336 e. The predicted molar refractivity (Wildman–Crippen MR) is 155 cm³/mol. The van der Waals surface area contributed by atoms with E-state index in [1.54, 1.807) is 0 Å². The second-order valence-electron chi connectivity index (χ2n) is 10.3. The third-order valence-corrected chi connectivity index (χ3v) is 7.13. The molecule has 2 rings (SSSR count). The summed E-state index contributed by atoms with van der Waals surface area (Å²) >= 11 is 0. The van der Waals surface area contributed by atoms with Crippen molar-refractivity contribution in [2.45, 2.75) is 59.8 Å². The number of nitrogens with zero attached hydrogens (tertiary/aromatic N) is 2. The van der Waals surface area contributed by atoms with Crippen molar-refractivity contribution in [3.05, 3.63) is 52.1 Å². The normalized spacial score (nSPS) is 15.3. The van der Waals surface area contributed by atoms with Gasteiger partial charge in [-0.3, -0.25) is 4.90 Å². The summed E-state index contributed by atoms with van der Waals surface area (Å²) in [4.78, 5) is 16.8. The Morgan fingerprint density at radius 3 is 1.97 bits per heavy atom. The Balaban J connectivity index is 1.85. The highest BCUT2D eigenvalue weighted by molar-refractivity contribution is 5.92. The van der Waals surface area contributed by atoms with Gasteiger partial charge in [-0.15, -0.1) is 0 Å². The van der Waals surface area contributed by atoms with Crippen LogP contribution in [0.5, 0.6) is 17.2 Å². The molecule has 0 aliphatic carbocycles. The summed E-state index contributed by atoms with van der Waals surface area (Å²) in [5, 5.41) is 9.80. The smallest absolute Gasteiger partial charge is 0.336 e. The molecule has 0 saturated carbocycles. The molecule has 0 aromatic heterocycles. The molecule has 1 aromatic carbocycles. The van der Waals surface area contributed by atoms with E-state index in [-0.39, 0.29) is 5.56 Å². The molecule has 7 nitrogen and oxygen atoms in total. The minimum absolute atomic E-state index is 0.191. The van der Waals surface area contributed by atoms with Gasteiger partial charge in [-0.2, -0.15) is 0 Å². The number of carbonyl (C=O) groups is 1. The molecule has 1 aliphatic heterocycles. The van der Waals surface area contributed by atoms with Gasteiger partial charge in [-0.05, 0) is 65.9 Å². The van der Waals surface area contributed by atoms with Gasteiger partial charge in [-0.1, -0.05) is 34.9 Å². The van der Waals surface area contributed by atoms with Crippen LogP contribution in [0.3, 0.4) is 0 Å². The lowest BCUT2D eigenvalue weighted by atomic mass is 10.0. The quantitative estimate of drug-likeness (QED) is 0.280. The number of rotatable bonds is 15. The number of hydrogen-bond acceptors (Lipinski definition) is 6. The van der Waals surface area contributed by atoms with Crippen molar-refractivity contribution in [1.82, 2.24) is 9.80 Å². The fourth-order valence-corrected chi connectivity index (χ4v) is 4.74. The van der Waals surface area contributed by atoms with Gasteiger partial charge in [0.2, 0.25) is 5.75 Å². The Hall–Kier alpha value is -2.77. The van der Waals surface area contributed by atoms with Gasteiger partial charge in [0.25, 0.3) is 0 Å². The molecule has 1 N–H and O–H groups in total. The Kier molecular flexibility index (Phi) is 13.4. The lowest BCUT2D eigenvalue weighted by Gasteiger charge is -2.34. The lowest BCUT2D eigenvalue weighted by Crippen LogP contribution is -2.46. The molecule has 1 aromatic rings. The number of allylic oxidation sites excluding steroid dienone is 5. The van der Waals surface area contributed by atoms with Crippen molar-refractivity contribution < 1.29 is 24.1 Å². The highest BCUT2D eigenvalue weighted by Crippen LogP contribution is 2.42. The minimum atomic E-state index is -0.999. The van der Waals surface area contributed by atoms with Crippen LogP contribution in [0.1, 0.15) is 69.3 Å². The number of aromatic carboxylic acids is 1. The molecule has 0 amide bonds. The van der Waals surface area contributed by atoms with Crippen LogP contribution < -0.4 is 14.2 Å². The van der Waals surface area contributed by atoms with Gasteiger partial charge in [0.15, 0.2) is 11.5 Å². The van der Waals surface area contributed by atoms with E-state index in [0.29, 0.717) is 29.2 Å². The minimum Gasteiger partial charge on any atom is -0.493 e. The Morgan fingerprint density at radius 2 is 1.42 bits per heavy atom. The molecule has 0 atom stereocenters. The van der Waals surface area contributed by atoms with E-state index in [2.05, 4.69) is 55.7 Å². The zero-order valence-electron chi connectivity index (χ0n) is 24.6. The van der Waals surface area contributed by atoms with E-state index in [1.807, 2.05) is 0 Å². The summed E-state index contributed by atoms with van der Waals surface area (Å²) < 4.78 is 16.4. The van der Waals surface area contributed by atoms with E-state index in [9.17, 15) is 9.90 Å². The predicted octanol–water partition coefficient (Wildman–Crippen LogP) is 5.99. The number of ether oxygens (including phenoxy) is 3. The van der Waals surface area contributed by atoms with Gasteiger partial charge in [0.05, 0.1) is 26.9 Å². The van der Waals surface area contributed by atoms with E-state index in [4.69, 9.17) is 14.2 Å². The SMILES string of the molecule is COc1cc(C(=O)O)c(CCN2CCN(CC=C(C)CCC=C(C)CCC=C(C)C)CC2)c(OC)c1OC. The Bertz CT molecular complexity index is 1000. The van der Waals surface area contributed by atoms with Crippen LogP contribution in [-0.4, -0.2) is 81.5 Å². The molecule has 0 bridgehead atoms. The second kappa shape index (κ2) is 16.2. The first-order chi connectivity index (χ1) is 18.2. The molecular weight excluding hydrogens is 480 g/mol. The van der Waals surface area contributed by atoms with Crippen molar-refractivity contribution in [2.75, 3.05) is 60.6 Å². The van der Waals surface area contributed by atoms with Crippen LogP contribution >= 0.6 is 0 Å². The first kappa shape index (κ1) is 31.4. The number of methoxy groups -OCH3 is 3. The summed E-state index contributed by atoms with van der Waals surface area (Å²) in [6.45, 7) is 14.4. The lowest BCUT2D eigenvalue weighted by molar-refractivity contribution is 0.0694. The van der Waals surface area contributed by atoms with Crippen LogP contribution in [0.15, 0.2) is 41.0 Å². The first-order valence-electron chi connectivity index (χ1n) is 13.6. The molecule has 212 valence electrons. The molecular formula is C31H48N2O5. The summed E-state index contributed by atoms with van der Waals surface area (Å²) in [6.07, 6.45) is 12.1. The number of hydrogen-bond donors (Lipinski definition) is 1. The van der Waals surface area contributed by atoms with Crippen LogP contribution in [0.2, 0.25) is 0 Å². The zero-order chi connectivity index (χ0) is 28.1. The third-order valence-electron chi connectivity index (χ3n) is 7.13. The highest BCUT2D eigenvalue weighted by Gasteiger charge is 2.25. The maximum absolute atomic E-state index is 12.0. The van der Waals surface area contributed by atoms with Crippen molar-refractivity contribution >= 4 is 5.97 Å². The molecule has 38 heavy (non-hydrogen) atoms. The molecule has 0 unspecified atom stereocenters. The third kappa shape index (κ3) is 9.84. The van der Waals surface area contributed by atoms with Gasteiger partial charge < -0.3 is 24.2 Å². The summed E-state index contributed by atoms with van der Waals surface area (Å²) in [5.74, 6) is 0.214. The van der Waals surface area contributed by atoms with E-state index < -0.39 is 5.97 Å². The van der Waals surface area contributed by atoms with Crippen molar-refractivity contribution in [3.8, 4) is 17.2 Å². The molecule has 1 heterocycles. The molecule has 7 heteroatoms. The number of carboxylic acids is 1. The second-order valence-corrected chi connectivity index (χ2v) is 10.3. The average Bonchev–Trinajstić information content (AvgIpc) is 2.89. The molecule has 1 fully saturated rings. The molecule has 0 spiro atoms.